The molecule has 28 heavy (non-hydrogen) atoms. The van der Waals surface area contributed by atoms with Gasteiger partial charge in [0.1, 0.15) is 0 Å². The summed E-state index contributed by atoms with van der Waals surface area (Å²) in [6.45, 7) is 9.36. The minimum Gasteiger partial charge on any atom is -0.468 e. The topological polar surface area (TPSA) is 91.3 Å². The van der Waals surface area contributed by atoms with Gasteiger partial charge < -0.3 is 20.1 Å². The van der Waals surface area contributed by atoms with Crippen LogP contribution in [-0.2, 0) is 6.54 Å². The molecule has 0 amide bonds. The predicted molar refractivity (Wildman–Crippen MR) is 111 cm³/mol. The van der Waals surface area contributed by atoms with Crippen LogP contribution in [0.2, 0.25) is 0 Å². The van der Waals surface area contributed by atoms with Gasteiger partial charge in [0.25, 0.3) is 6.01 Å². The summed E-state index contributed by atoms with van der Waals surface area (Å²) in [6, 6.07) is 0.844. The number of likely N-dealkylation sites (tertiary alicyclic amines) is 1. The van der Waals surface area contributed by atoms with Crippen molar-refractivity contribution >= 4 is 17.0 Å². The number of rotatable bonds is 10. The van der Waals surface area contributed by atoms with Gasteiger partial charge in [0, 0.05) is 6.54 Å². The number of hydrogen-bond acceptors (Lipinski definition) is 7. The van der Waals surface area contributed by atoms with Crippen LogP contribution in [0.3, 0.4) is 0 Å². The zero-order chi connectivity index (χ0) is 19.9. The van der Waals surface area contributed by atoms with E-state index in [0.717, 1.165) is 38.3 Å². The van der Waals surface area contributed by atoms with Gasteiger partial charge in [-0.25, -0.2) is 0 Å². The van der Waals surface area contributed by atoms with Crippen LogP contribution in [0, 0.1) is 5.92 Å². The van der Waals surface area contributed by atoms with Crippen LogP contribution in [0.5, 0.6) is 12.0 Å². The van der Waals surface area contributed by atoms with E-state index in [1.54, 1.807) is 7.11 Å². The molecule has 8 nitrogen and oxygen atoms in total. The molecule has 2 N–H and O–H groups in total. The molecule has 2 aromatic rings. The van der Waals surface area contributed by atoms with Crippen LogP contribution >= 0.6 is 0 Å². The molecular weight excluding hydrogens is 356 g/mol. The second-order valence-corrected chi connectivity index (χ2v) is 7.54. The first-order valence-electron chi connectivity index (χ1n) is 10.6. The van der Waals surface area contributed by atoms with Crippen molar-refractivity contribution in [3.05, 3.63) is 0 Å². The highest BCUT2D eigenvalue weighted by atomic mass is 16.5. The molecule has 2 aromatic heterocycles. The van der Waals surface area contributed by atoms with Crippen molar-refractivity contribution in [2.75, 3.05) is 39.1 Å². The Hall–Kier alpha value is -2.09. The number of ether oxygens (including phenoxy) is 2. The fourth-order valence-corrected chi connectivity index (χ4v) is 3.84. The van der Waals surface area contributed by atoms with Crippen LogP contribution in [0.25, 0.3) is 11.2 Å². The third-order valence-electron chi connectivity index (χ3n) is 5.63. The van der Waals surface area contributed by atoms with E-state index in [0.29, 0.717) is 35.6 Å². The van der Waals surface area contributed by atoms with E-state index in [2.05, 4.69) is 33.7 Å². The number of unbranched alkanes of at least 4 members (excludes halogenated alkanes) is 1. The maximum absolute atomic E-state index is 6.10. The van der Waals surface area contributed by atoms with Crippen molar-refractivity contribution < 1.29 is 9.47 Å². The molecule has 0 saturated carbocycles. The maximum atomic E-state index is 6.10. The largest absolute Gasteiger partial charge is 0.468 e. The number of nitrogen functional groups attached to an aromatic ring is 1. The lowest BCUT2D eigenvalue weighted by Crippen LogP contribution is -2.33. The first kappa shape index (κ1) is 20.6. The van der Waals surface area contributed by atoms with Crippen molar-refractivity contribution in [2.45, 2.75) is 58.9 Å². The fourth-order valence-electron chi connectivity index (χ4n) is 3.84. The van der Waals surface area contributed by atoms with Gasteiger partial charge in [0.2, 0.25) is 0 Å². The summed E-state index contributed by atoms with van der Waals surface area (Å²) in [5.74, 6) is 1.14. The fraction of sp³-hybridized carbons (Fsp3) is 0.750. The average molecular weight is 391 g/mol. The predicted octanol–water partition coefficient (Wildman–Crippen LogP) is 3.11. The van der Waals surface area contributed by atoms with Crippen molar-refractivity contribution in [3.63, 3.8) is 0 Å². The van der Waals surface area contributed by atoms with Gasteiger partial charge >= 0.3 is 6.01 Å². The second-order valence-electron chi connectivity index (χ2n) is 7.54. The Morgan fingerprint density at radius 1 is 1.11 bits per heavy atom. The first-order valence-corrected chi connectivity index (χ1v) is 10.6. The normalized spacial score (nSPS) is 16.0. The first-order chi connectivity index (χ1) is 13.7. The van der Waals surface area contributed by atoms with E-state index in [-0.39, 0.29) is 0 Å². The quantitative estimate of drug-likeness (QED) is 0.623. The molecule has 0 bridgehead atoms. The molecule has 1 fully saturated rings. The van der Waals surface area contributed by atoms with Gasteiger partial charge in [0.15, 0.2) is 17.0 Å². The van der Waals surface area contributed by atoms with E-state index in [1.807, 2.05) is 4.57 Å². The van der Waals surface area contributed by atoms with Crippen molar-refractivity contribution in [3.8, 4) is 12.0 Å². The molecule has 156 valence electrons. The van der Waals surface area contributed by atoms with Crippen molar-refractivity contribution in [1.29, 1.82) is 0 Å². The third-order valence-corrected chi connectivity index (χ3v) is 5.63. The lowest BCUT2D eigenvalue weighted by molar-refractivity contribution is 0.184. The van der Waals surface area contributed by atoms with Crippen LogP contribution in [0.1, 0.15) is 52.4 Å². The minimum atomic E-state index is 0.314. The van der Waals surface area contributed by atoms with Gasteiger partial charge in [0.05, 0.1) is 13.7 Å². The highest BCUT2D eigenvalue weighted by Gasteiger charge is 2.20. The van der Waals surface area contributed by atoms with E-state index < -0.39 is 0 Å². The Morgan fingerprint density at radius 3 is 2.57 bits per heavy atom. The molecule has 0 aliphatic carbocycles. The number of methoxy groups -OCH3 is 1. The summed E-state index contributed by atoms with van der Waals surface area (Å²) in [5.41, 5.74) is 7.37. The van der Waals surface area contributed by atoms with Crippen LogP contribution < -0.4 is 15.2 Å². The van der Waals surface area contributed by atoms with E-state index in [1.165, 1.54) is 32.4 Å². The average Bonchev–Trinajstić information content (AvgIpc) is 3.07. The zero-order valence-electron chi connectivity index (χ0n) is 17.5. The summed E-state index contributed by atoms with van der Waals surface area (Å²) in [4.78, 5) is 15.8. The molecule has 3 heterocycles. The number of imidazole rings is 1. The Labute approximate surface area is 167 Å². The summed E-state index contributed by atoms with van der Waals surface area (Å²) < 4.78 is 13.1. The Balaban J connectivity index is 1.68. The molecule has 0 radical (unpaired) electrons. The third kappa shape index (κ3) is 4.84. The SMILES string of the molecule is CCCCOc1nc(N)c2nc(OC)n(CCCC3CCN(CC)CC3)c2n1. The summed E-state index contributed by atoms with van der Waals surface area (Å²) in [5, 5.41) is 0. The standard InChI is InChI=1S/C20H34N6O2/c1-4-6-14-28-19-23-17(21)16-18(24-19)26(20(22-16)27-3)11-7-8-15-9-12-25(5-2)13-10-15/h15H,4-14H2,1-3H3,(H2,21,23,24). The van der Waals surface area contributed by atoms with Crippen LogP contribution in [-0.4, -0.2) is 57.8 Å². The molecule has 1 saturated heterocycles. The minimum absolute atomic E-state index is 0.314. The molecule has 0 atom stereocenters. The van der Waals surface area contributed by atoms with Gasteiger partial charge in [-0.3, -0.25) is 4.57 Å². The van der Waals surface area contributed by atoms with Gasteiger partial charge in [-0.05, 0) is 57.7 Å². The number of piperidine rings is 1. The molecule has 1 aliphatic rings. The molecule has 3 rings (SSSR count). The van der Waals surface area contributed by atoms with Crippen LogP contribution in [0.4, 0.5) is 5.82 Å². The monoisotopic (exact) mass is 390 g/mol. The van der Waals surface area contributed by atoms with Gasteiger partial charge in [-0.1, -0.05) is 20.3 Å². The van der Waals surface area contributed by atoms with Crippen LogP contribution in [0.15, 0.2) is 0 Å². The number of aryl methyl sites for hydroxylation is 1. The summed E-state index contributed by atoms with van der Waals surface area (Å²) in [7, 11) is 1.63. The lowest BCUT2D eigenvalue weighted by Gasteiger charge is -2.31. The van der Waals surface area contributed by atoms with Crippen molar-refractivity contribution in [2.24, 2.45) is 5.92 Å². The molecule has 0 spiro atoms. The smallest absolute Gasteiger partial charge is 0.320 e. The van der Waals surface area contributed by atoms with E-state index in [9.17, 15) is 0 Å². The Morgan fingerprint density at radius 2 is 1.89 bits per heavy atom. The highest BCUT2D eigenvalue weighted by molar-refractivity contribution is 5.83. The summed E-state index contributed by atoms with van der Waals surface area (Å²) >= 11 is 0. The number of aromatic nitrogens is 4. The number of fused-ring (bicyclic) bond motifs is 1. The maximum Gasteiger partial charge on any atom is 0.320 e. The molecule has 8 heteroatoms. The number of anilines is 1. The second kappa shape index (κ2) is 9.91. The molecule has 0 aromatic carbocycles. The Bertz CT molecular complexity index is 755. The van der Waals surface area contributed by atoms with E-state index >= 15 is 0 Å². The van der Waals surface area contributed by atoms with Gasteiger partial charge in [-0.2, -0.15) is 15.0 Å². The molecule has 0 unspecified atom stereocenters. The van der Waals surface area contributed by atoms with Gasteiger partial charge in [-0.15, -0.1) is 0 Å². The number of nitrogens with zero attached hydrogens (tertiary/aromatic N) is 5. The molecular formula is C20H34N6O2. The van der Waals surface area contributed by atoms with E-state index in [4.69, 9.17) is 15.2 Å². The molecule has 1 aliphatic heterocycles. The lowest BCUT2D eigenvalue weighted by atomic mass is 9.92. The highest BCUT2D eigenvalue weighted by Crippen LogP contribution is 2.27. The number of nitrogens with two attached hydrogens (primary N) is 1. The summed E-state index contributed by atoms with van der Waals surface area (Å²) in [6.07, 6.45) is 6.87. The Kier molecular flexibility index (Phi) is 7.30. The number of hydrogen-bond donors (Lipinski definition) is 1. The van der Waals surface area contributed by atoms with Crippen molar-refractivity contribution in [1.82, 2.24) is 24.4 Å². The zero-order valence-corrected chi connectivity index (χ0v) is 17.5.